The lowest BCUT2D eigenvalue weighted by Crippen LogP contribution is -2.48. The number of ether oxygens (including phenoxy) is 1. The fraction of sp³-hybridized carbons (Fsp3) is 0.531. The number of methoxy groups -OCH3 is 1. The summed E-state index contributed by atoms with van der Waals surface area (Å²) in [4.78, 5) is 41.3. The van der Waals surface area contributed by atoms with Crippen LogP contribution in [0.15, 0.2) is 42.7 Å². The summed E-state index contributed by atoms with van der Waals surface area (Å²) in [6.07, 6.45) is 6.95. The van der Waals surface area contributed by atoms with Gasteiger partial charge in [0, 0.05) is 37.8 Å². The number of carbonyl (C=O) groups is 2. The molecule has 3 aromatic rings. The van der Waals surface area contributed by atoms with E-state index < -0.39 is 30.2 Å². The quantitative estimate of drug-likeness (QED) is 0.213. The molecule has 43 heavy (non-hydrogen) atoms. The number of anilines is 1. The second-order valence-corrected chi connectivity index (χ2v) is 11.6. The third kappa shape index (κ3) is 7.45. The number of carboxylic acids is 1. The van der Waals surface area contributed by atoms with Crippen molar-refractivity contribution >= 4 is 28.6 Å². The van der Waals surface area contributed by atoms with Crippen molar-refractivity contribution in [2.75, 3.05) is 45.3 Å². The number of alkyl halides is 1. The first-order valence-electron chi connectivity index (χ1n) is 15.2. The van der Waals surface area contributed by atoms with Gasteiger partial charge >= 0.3 is 5.97 Å². The number of unbranched alkanes of at least 4 members (excludes halogenated alkanes) is 1. The van der Waals surface area contributed by atoms with E-state index >= 15 is 0 Å². The molecule has 0 saturated heterocycles. The molecule has 1 aliphatic heterocycles. The molecule has 0 radical (unpaired) electrons. The third-order valence-electron chi connectivity index (χ3n) is 8.59. The largest absolute Gasteiger partial charge is 0.480 e. The number of aliphatic carboxylic acids is 1. The molecule has 2 atom stereocenters. The second-order valence-electron chi connectivity index (χ2n) is 11.6. The lowest BCUT2D eigenvalue weighted by molar-refractivity contribution is -0.142. The molecule has 2 aromatic heterocycles. The van der Waals surface area contributed by atoms with Gasteiger partial charge in [0.25, 0.3) is 0 Å². The average molecular weight is 593 g/mol. The van der Waals surface area contributed by atoms with Crippen LogP contribution in [0, 0.1) is 0 Å². The Morgan fingerprint density at radius 2 is 2.00 bits per heavy atom. The lowest BCUT2D eigenvalue weighted by atomic mass is 9.96. The molecule has 1 aromatic carbocycles. The highest BCUT2D eigenvalue weighted by Crippen LogP contribution is 2.49. The van der Waals surface area contributed by atoms with Gasteiger partial charge in [-0.1, -0.05) is 24.3 Å². The molecule has 5 rings (SSSR count). The van der Waals surface area contributed by atoms with Crippen molar-refractivity contribution in [2.24, 2.45) is 0 Å². The summed E-state index contributed by atoms with van der Waals surface area (Å²) in [5, 5.41) is 17.0. The van der Waals surface area contributed by atoms with E-state index in [2.05, 4.69) is 32.7 Å². The number of fused-ring (bicyclic) bond motifs is 2. The van der Waals surface area contributed by atoms with Crippen molar-refractivity contribution in [1.29, 1.82) is 0 Å². The number of hydrogen-bond acceptors (Lipinski definition) is 8. The number of carboxylic acid groups (broad SMARTS) is 1. The highest BCUT2D eigenvalue weighted by molar-refractivity contribution is 5.97. The van der Waals surface area contributed by atoms with Crippen molar-refractivity contribution in [3.05, 3.63) is 59.7 Å². The van der Waals surface area contributed by atoms with E-state index in [1.165, 1.54) is 19.0 Å². The van der Waals surface area contributed by atoms with Crippen LogP contribution in [0.5, 0.6) is 0 Å². The number of pyridine rings is 1. The van der Waals surface area contributed by atoms with Gasteiger partial charge in [-0.3, -0.25) is 4.79 Å². The Morgan fingerprint density at radius 1 is 1.16 bits per heavy atom. The van der Waals surface area contributed by atoms with E-state index in [9.17, 15) is 19.1 Å². The van der Waals surface area contributed by atoms with Crippen molar-refractivity contribution in [3.63, 3.8) is 0 Å². The Labute approximate surface area is 251 Å². The minimum absolute atomic E-state index is 0.183. The van der Waals surface area contributed by atoms with Gasteiger partial charge in [-0.2, -0.15) is 0 Å². The van der Waals surface area contributed by atoms with E-state index in [1.807, 2.05) is 29.2 Å². The number of carbonyl (C=O) groups excluding carboxylic acids is 1. The van der Waals surface area contributed by atoms with E-state index in [-0.39, 0.29) is 12.3 Å². The van der Waals surface area contributed by atoms with Gasteiger partial charge in [0.2, 0.25) is 5.91 Å². The Morgan fingerprint density at radius 3 is 2.77 bits per heavy atom. The van der Waals surface area contributed by atoms with Crippen LogP contribution in [0.4, 0.5) is 10.2 Å². The molecule has 2 unspecified atom stereocenters. The molecule has 1 aliphatic carbocycles. The first-order valence-corrected chi connectivity index (χ1v) is 15.2. The molecular formula is C32H41FN6O4. The number of nitrogens with zero attached hydrogens (tertiary/aromatic N) is 4. The molecule has 230 valence electrons. The Balaban J connectivity index is 1.18. The maximum Gasteiger partial charge on any atom is 0.326 e. The SMILES string of the molecule is COC(CF)CN(CCCCc1ccc2c(n1)NCCC2)CCC(NC(=O)C1(c2ncnc3ccccc23)CC1)C(=O)O. The number of para-hydroxylation sites is 1. The molecule has 10 nitrogen and oxygen atoms in total. The Kier molecular flexibility index (Phi) is 10.1. The molecule has 1 saturated carbocycles. The van der Waals surface area contributed by atoms with E-state index in [0.717, 1.165) is 61.1 Å². The van der Waals surface area contributed by atoms with Crippen LogP contribution in [-0.4, -0.2) is 88.9 Å². The zero-order valence-corrected chi connectivity index (χ0v) is 24.7. The zero-order valence-electron chi connectivity index (χ0n) is 24.7. The average Bonchev–Trinajstić information content (AvgIpc) is 3.85. The molecular weight excluding hydrogens is 551 g/mol. The van der Waals surface area contributed by atoms with Crippen molar-refractivity contribution < 1.29 is 23.8 Å². The smallest absolute Gasteiger partial charge is 0.326 e. The maximum atomic E-state index is 13.5. The molecule has 0 spiro atoms. The van der Waals surface area contributed by atoms with Crippen LogP contribution >= 0.6 is 0 Å². The molecule has 0 bridgehead atoms. The van der Waals surface area contributed by atoms with E-state index in [1.54, 1.807) is 0 Å². The van der Waals surface area contributed by atoms with E-state index in [0.29, 0.717) is 38.2 Å². The summed E-state index contributed by atoms with van der Waals surface area (Å²) in [7, 11) is 1.48. The number of hydrogen-bond donors (Lipinski definition) is 3. The molecule has 11 heteroatoms. The van der Waals surface area contributed by atoms with Crippen molar-refractivity contribution in [1.82, 2.24) is 25.2 Å². The minimum Gasteiger partial charge on any atom is -0.480 e. The number of aryl methyl sites for hydroxylation is 2. The van der Waals surface area contributed by atoms with Crippen LogP contribution in [0.2, 0.25) is 0 Å². The predicted molar refractivity (Wildman–Crippen MR) is 162 cm³/mol. The topological polar surface area (TPSA) is 130 Å². The number of rotatable bonds is 16. The van der Waals surface area contributed by atoms with Gasteiger partial charge in [0.15, 0.2) is 0 Å². The standard InChI is InChI=1S/C32H41FN6O4/c1-43-24(19-33)20-39(17-5-4-8-23-12-11-22-7-6-16-34-29(22)37-23)18-13-27(30(40)41)38-31(42)32(14-15-32)28-25-9-2-3-10-26(25)35-21-36-28/h2-3,9-12,21,24,27H,4-8,13-20H2,1H3,(H,34,37)(H,38,42)(H,40,41). The third-order valence-corrected chi connectivity index (χ3v) is 8.59. The summed E-state index contributed by atoms with van der Waals surface area (Å²) < 4.78 is 18.8. The van der Waals surface area contributed by atoms with Crippen LogP contribution < -0.4 is 10.6 Å². The molecule has 1 fully saturated rings. The number of benzene rings is 1. The van der Waals surface area contributed by atoms with E-state index in [4.69, 9.17) is 9.72 Å². The highest BCUT2D eigenvalue weighted by Gasteiger charge is 2.54. The predicted octanol–water partition coefficient (Wildman–Crippen LogP) is 3.68. The molecule has 2 aliphatic rings. The minimum atomic E-state index is -1.10. The number of aromatic nitrogens is 3. The van der Waals surface area contributed by atoms with Gasteiger partial charge in [0.05, 0.1) is 22.7 Å². The van der Waals surface area contributed by atoms with Gasteiger partial charge in [0.1, 0.15) is 24.9 Å². The normalized spacial score (nSPS) is 16.7. The van der Waals surface area contributed by atoms with Crippen LogP contribution in [0.25, 0.3) is 10.9 Å². The molecule has 3 heterocycles. The highest BCUT2D eigenvalue weighted by atomic mass is 19.1. The van der Waals surface area contributed by atoms with Gasteiger partial charge in [-0.05, 0) is 75.6 Å². The van der Waals surface area contributed by atoms with Crippen LogP contribution in [-0.2, 0) is 32.6 Å². The van der Waals surface area contributed by atoms with Crippen molar-refractivity contribution in [2.45, 2.75) is 68.9 Å². The summed E-state index contributed by atoms with van der Waals surface area (Å²) in [6.45, 7) is 1.68. The van der Waals surface area contributed by atoms with Gasteiger partial charge in [-0.15, -0.1) is 0 Å². The van der Waals surface area contributed by atoms with Crippen molar-refractivity contribution in [3.8, 4) is 0 Å². The fourth-order valence-corrected chi connectivity index (χ4v) is 5.87. The first kappa shape index (κ1) is 30.7. The second kappa shape index (κ2) is 14.2. The summed E-state index contributed by atoms with van der Waals surface area (Å²) in [5.74, 6) is -0.447. The maximum absolute atomic E-state index is 13.5. The lowest BCUT2D eigenvalue weighted by Gasteiger charge is -2.27. The number of nitrogens with one attached hydrogen (secondary N) is 2. The van der Waals surface area contributed by atoms with Crippen LogP contribution in [0.1, 0.15) is 55.5 Å². The monoisotopic (exact) mass is 592 g/mol. The summed E-state index contributed by atoms with van der Waals surface area (Å²) in [6, 6.07) is 10.7. The number of amides is 1. The summed E-state index contributed by atoms with van der Waals surface area (Å²) in [5.41, 5.74) is 2.83. The molecule has 3 N–H and O–H groups in total. The Bertz CT molecular complexity index is 1410. The summed E-state index contributed by atoms with van der Waals surface area (Å²) >= 11 is 0. The van der Waals surface area contributed by atoms with Gasteiger partial charge in [-0.25, -0.2) is 24.1 Å². The Hall–Kier alpha value is -3.70. The number of halogens is 1. The first-order chi connectivity index (χ1) is 20.9. The molecule has 1 amide bonds. The fourth-order valence-electron chi connectivity index (χ4n) is 5.87. The van der Waals surface area contributed by atoms with Crippen LogP contribution in [0.3, 0.4) is 0 Å². The van der Waals surface area contributed by atoms with Gasteiger partial charge < -0.3 is 25.4 Å². The zero-order chi connectivity index (χ0) is 30.2.